The molecule has 0 radical (unpaired) electrons. The number of piperidine rings is 1. The lowest BCUT2D eigenvalue weighted by Crippen LogP contribution is -3.16. The second-order valence-electron chi connectivity index (χ2n) is 7.22. The van der Waals surface area contributed by atoms with Crippen LogP contribution in [0, 0.1) is 5.92 Å². The van der Waals surface area contributed by atoms with Gasteiger partial charge in [0.05, 0.1) is 45.7 Å². The molecule has 3 rings (SSSR count). The molecule has 4 heteroatoms. The van der Waals surface area contributed by atoms with Crippen LogP contribution in [0.4, 0.5) is 0 Å². The molecule has 23 heavy (non-hydrogen) atoms. The molecule has 1 aromatic rings. The molecule has 0 spiro atoms. The van der Waals surface area contributed by atoms with E-state index in [1.807, 2.05) is 0 Å². The van der Waals surface area contributed by atoms with Crippen LogP contribution >= 0.6 is 0 Å². The average molecular weight is 320 g/mol. The molecule has 0 aromatic heterocycles. The van der Waals surface area contributed by atoms with Gasteiger partial charge in [-0.25, -0.2) is 0 Å². The Morgan fingerprint density at radius 1 is 1.22 bits per heavy atom. The summed E-state index contributed by atoms with van der Waals surface area (Å²) >= 11 is 0. The van der Waals surface area contributed by atoms with Crippen molar-refractivity contribution in [3.05, 3.63) is 23.3 Å². The highest BCUT2D eigenvalue weighted by molar-refractivity contribution is 5.48. The van der Waals surface area contributed by atoms with Crippen molar-refractivity contribution < 1.29 is 20.1 Å². The van der Waals surface area contributed by atoms with Crippen molar-refractivity contribution in [2.75, 3.05) is 27.3 Å². The lowest BCUT2D eigenvalue weighted by atomic mass is 9.79. The topological polar surface area (TPSA) is 50.5 Å². The molecule has 0 amide bonds. The fourth-order valence-corrected chi connectivity index (χ4v) is 4.51. The first kappa shape index (κ1) is 16.6. The molecule has 4 N–H and O–H groups in total. The Morgan fingerprint density at radius 3 is 2.65 bits per heavy atom. The molecular weight excluding hydrogens is 288 g/mol. The van der Waals surface area contributed by atoms with Crippen LogP contribution in [-0.4, -0.2) is 33.4 Å². The van der Waals surface area contributed by atoms with Gasteiger partial charge >= 0.3 is 0 Å². The molecule has 0 bridgehead atoms. The molecule has 1 saturated heterocycles. The summed E-state index contributed by atoms with van der Waals surface area (Å²) in [5.41, 5.74) is 7.41. The summed E-state index contributed by atoms with van der Waals surface area (Å²) in [4.78, 5) is 1.76. The maximum absolute atomic E-state index is 5.53. The lowest BCUT2D eigenvalue weighted by molar-refractivity contribution is -0.947. The highest BCUT2D eigenvalue weighted by atomic mass is 16.5. The van der Waals surface area contributed by atoms with Gasteiger partial charge < -0.3 is 20.1 Å². The summed E-state index contributed by atoms with van der Waals surface area (Å²) in [6, 6.07) is 5.57. The van der Waals surface area contributed by atoms with E-state index in [9.17, 15) is 0 Å². The molecule has 1 fully saturated rings. The Labute approximate surface area is 139 Å². The molecule has 0 aliphatic carbocycles. The van der Waals surface area contributed by atoms with Crippen molar-refractivity contribution in [3.63, 3.8) is 0 Å². The normalized spacial score (nSPS) is 29.6. The minimum Gasteiger partial charge on any atom is -0.493 e. The minimum atomic E-state index is 0.578. The van der Waals surface area contributed by atoms with Crippen LogP contribution < -0.4 is 20.1 Å². The SMILES string of the molecule is CCCC[C@H]1C[NH+]2CCc3cc(OC)c(OC)cc3[C@@H]2C[C@@H]1[NH3+]. The zero-order valence-electron chi connectivity index (χ0n) is 14.9. The largest absolute Gasteiger partial charge is 0.493 e. The third-order valence-electron chi connectivity index (χ3n) is 5.89. The number of benzene rings is 1. The van der Waals surface area contributed by atoms with Crippen molar-refractivity contribution in [1.29, 1.82) is 0 Å². The van der Waals surface area contributed by atoms with Crippen LogP contribution in [0.15, 0.2) is 12.1 Å². The van der Waals surface area contributed by atoms with Crippen molar-refractivity contribution in [2.45, 2.75) is 51.1 Å². The molecule has 2 heterocycles. The Hall–Kier alpha value is -1.26. The summed E-state index contributed by atoms with van der Waals surface area (Å²) < 4.78 is 11.0. The molecule has 1 unspecified atom stereocenters. The number of fused-ring (bicyclic) bond motifs is 3. The summed E-state index contributed by atoms with van der Waals surface area (Å²) in [7, 11) is 3.44. The number of quaternary nitrogens is 2. The first-order valence-electron chi connectivity index (χ1n) is 9.10. The maximum Gasteiger partial charge on any atom is 0.161 e. The number of rotatable bonds is 5. The maximum atomic E-state index is 5.53. The van der Waals surface area contributed by atoms with E-state index in [0.717, 1.165) is 23.8 Å². The highest BCUT2D eigenvalue weighted by Crippen LogP contribution is 2.36. The zero-order valence-corrected chi connectivity index (χ0v) is 14.9. The van der Waals surface area contributed by atoms with E-state index in [-0.39, 0.29) is 0 Å². The summed E-state index contributed by atoms with van der Waals surface area (Å²) in [6.07, 6.45) is 6.33. The number of ether oxygens (including phenoxy) is 2. The van der Waals surface area contributed by atoms with Gasteiger partial charge in [-0.2, -0.15) is 0 Å². The van der Waals surface area contributed by atoms with Crippen LogP contribution in [0.2, 0.25) is 0 Å². The average Bonchev–Trinajstić information content (AvgIpc) is 2.58. The van der Waals surface area contributed by atoms with Crippen molar-refractivity contribution >= 4 is 0 Å². The van der Waals surface area contributed by atoms with Gasteiger partial charge in [-0.15, -0.1) is 0 Å². The zero-order chi connectivity index (χ0) is 16.4. The van der Waals surface area contributed by atoms with Gasteiger partial charge in [0.1, 0.15) is 6.04 Å². The van der Waals surface area contributed by atoms with Gasteiger partial charge in [0.25, 0.3) is 0 Å². The second-order valence-corrected chi connectivity index (χ2v) is 7.22. The third kappa shape index (κ3) is 3.20. The highest BCUT2D eigenvalue weighted by Gasteiger charge is 2.42. The van der Waals surface area contributed by atoms with Crippen LogP contribution in [0.5, 0.6) is 11.5 Å². The predicted molar refractivity (Wildman–Crippen MR) is 91.0 cm³/mol. The van der Waals surface area contributed by atoms with E-state index in [1.54, 1.807) is 19.1 Å². The molecular formula is C19H32N2O2+2. The van der Waals surface area contributed by atoms with Gasteiger partial charge in [0.2, 0.25) is 0 Å². The van der Waals surface area contributed by atoms with Crippen LogP contribution in [-0.2, 0) is 6.42 Å². The Balaban J connectivity index is 1.84. The van der Waals surface area contributed by atoms with E-state index in [1.165, 1.54) is 49.9 Å². The monoisotopic (exact) mass is 320 g/mol. The Bertz CT molecular complexity index is 546. The van der Waals surface area contributed by atoms with E-state index in [0.29, 0.717) is 12.1 Å². The number of hydrogen-bond acceptors (Lipinski definition) is 2. The molecule has 1 aromatic carbocycles. The Morgan fingerprint density at radius 2 is 1.96 bits per heavy atom. The molecule has 4 atom stereocenters. The second kappa shape index (κ2) is 7.10. The third-order valence-corrected chi connectivity index (χ3v) is 5.89. The predicted octanol–water partition coefficient (Wildman–Crippen LogP) is 1.01. The van der Waals surface area contributed by atoms with Crippen LogP contribution in [0.3, 0.4) is 0 Å². The molecule has 2 aliphatic heterocycles. The fourth-order valence-electron chi connectivity index (χ4n) is 4.51. The molecule has 4 nitrogen and oxygen atoms in total. The number of nitrogens with one attached hydrogen (secondary N) is 1. The van der Waals surface area contributed by atoms with Crippen LogP contribution in [0.1, 0.15) is 49.8 Å². The molecule has 0 saturated carbocycles. The number of methoxy groups -OCH3 is 2. The van der Waals surface area contributed by atoms with Crippen molar-refractivity contribution in [1.82, 2.24) is 0 Å². The van der Waals surface area contributed by atoms with E-state index >= 15 is 0 Å². The first-order chi connectivity index (χ1) is 11.2. The van der Waals surface area contributed by atoms with E-state index in [4.69, 9.17) is 9.47 Å². The van der Waals surface area contributed by atoms with Gasteiger partial charge in [-0.3, -0.25) is 0 Å². The smallest absolute Gasteiger partial charge is 0.161 e. The molecule has 128 valence electrons. The van der Waals surface area contributed by atoms with Gasteiger partial charge in [0.15, 0.2) is 11.5 Å². The van der Waals surface area contributed by atoms with Gasteiger partial charge in [0, 0.05) is 12.0 Å². The van der Waals surface area contributed by atoms with Crippen LogP contribution in [0.25, 0.3) is 0 Å². The first-order valence-corrected chi connectivity index (χ1v) is 9.10. The molecule has 2 aliphatic rings. The minimum absolute atomic E-state index is 0.578. The van der Waals surface area contributed by atoms with Crippen molar-refractivity contribution in [2.24, 2.45) is 5.92 Å². The van der Waals surface area contributed by atoms with Gasteiger partial charge in [-0.05, 0) is 24.1 Å². The van der Waals surface area contributed by atoms with E-state index in [2.05, 4.69) is 24.8 Å². The fraction of sp³-hybridized carbons (Fsp3) is 0.684. The standard InChI is InChI=1S/C19H30N2O2/c1-4-5-6-14-12-21-8-7-13-9-18(22-2)19(23-3)10-15(13)17(21)11-16(14)20/h9-10,14,16-17H,4-8,11-12,20H2,1-3H3/p+2/t14-,16-,17-/m0/s1. The lowest BCUT2D eigenvalue weighted by Gasteiger charge is -2.42. The number of unbranched alkanes of at least 4 members (excludes halogenated alkanes) is 1. The van der Waals surface area contributed by atoms with Gasteiger partial charge in [-0.1, -0.05) is 19.8 Å². The Kier molecular flexibility index (Phi) is 5.12. The summed E-state index contributed by atoms with van der Waals surface area (Å²) in [6.45, 7) is 4.81. The number of hydrogen-bond donors (Lipinski definition) is 2. The summed E-state index contributed by atoms with van der Waals surface area (Å²) in [5.74, 6) is 2.52. The summed E-state index contributed by atoms with van der Waals surface area (Å²) in [5, 5.41) is 0. The van der Waals surface area contributed by atoms with E-state index < -0.39 is 0 Å². The van der Waals surface area contributed by atoms with Crippen molar-refractivity contribution in [3.8, 4) is 11.5 Å². The quantitative estimate of drug-likeness (QED) is 0.851.